The molecule has 2 nitrogen and oxygen atoms in total. The molecule has 1 fully saturated rings. The average molecular weight is 370 g/mol. The Hall–Kier alpha value is -0.490. The Morgan fingerprint density at radius 3 is 2.56 bits per heavy atom. The van der Waals surface area contributed by atoms with Gasteiger partial charge in [-0.1, -0.05) is 24.4 Å². The Morgan fingerprint density at radius 1 is 1.33 bits per heavy atom. The minimum Gasteiger partial charge on any atom is -0.393 e. The lowest BCUT2D eigenvalue weighted by atomic mass is 9.65. The first-order chi connectivity index (χ1) is 8.60. The molecule has 18 heavy (non-hydrogen) atoms. The van der Waals surface area contributed by atoms with Crippen molar-refractivity contribution >= 4 is 39.8 Å². The molecule has 2 aliphatic rings. The Kier molecular flexibility index (Phi) is 3.18. The number of thiocarbonyl (C=S) groups is 1. The van der Waals surface area contributed by atoms with Gasteiger partial charge >= 0.3 is 0 Å². The zero-order valence-electron chi connectivity index (χ0n) is 9.97. The minimum atomic E-state index is -0.152. The highest BCUT2D eigenvalue weighted by atomic mass is 127. The predicted molar refractivity (Wildman–Crippen MR) is 85.4 cm³/mol. The van der Waals surface area contributed by atoms with Crippen molar-refractivity contribution < 1.29 is 0 Å². The van der Waals surface area contributed by atoms with E-state index in [2.05, 4.69) is 45.8 Å². The third-order valence-electron chi connectivity index (χ3n) is 4.21. The number of pyridine rings is 1. The van der Waals surface area contributed by atoms with Gasteiger partial charge in [0.2, 0.25) is 0 Å². The second-order valence-electron chi connectivity index (χ2n) is 5.39. The van der Waals surface area contributed by atoms with Gasteiger partial charge in [0.15, 0.2) is 0 Å². The molecular weight excluding hydrogens is 355 g/mol. The molecule has 0 radical (unpaired) electrons. The summed E-state index contributed by atoms with van der Waals surface area (Å²) in [4.78, 5) is 4.94. The average Bonchev–Trinajstić information content (AvgIpc) is 2.68. The van der Waals surface area contributed by atoms with Crippen molar-refractivity contribution in [3.63, 3.8) is 0 Å². The fourth-order valence-electron chi connectivity index (χ4n) is 3.39. The molecule has 4 heteroatoms. The summed E-state index contributed by atoms with van der Waals surface area (Å²) in [5.41, 5.74) is 7.15. The molecule has 1 aromatic rings. The van der Waals surface area contributed by atoms with Crippen LogP contribution in [0.2, 0.25) is 0 Å². The summed E-state index contributed by atoms with van der Waals surface area (Å²) in [6.07, 6.45) is 11.8. The number of allylic oxidation sites excluding steroid dienone is 2. The summed E-state index contributed by atoms with van der Waals surface area (Å²) >= 11 is 7.70. The molecule has 0 aromatic carbocycles. The molecular formula is C14H15IN2S. The third kappa shape index (κ3) is 1.99. The SMILES string of the molecule is NC(=S)C1(c2cncc(I)c2)C[C@@H]2C=C[C@@H](C2)C1. The largest absolute Gasteiger partial charge is 0.393 e. The standard InChI is InChI=1S/C14H15IN2S/c15-12-4-11(7-17-8-12)14(13(16)18)5-9-1-2-10(3-9)6-14/h1-2,4,7-10H,3,5-6H2,(H2,16,18)/t9-,10+,14?. The molecule has 1 heterocycles. The number of fused-ring (bicyclic) bond motifs is 2. The third-order valence-corrected chi connectivity index (χ3v) is 5.19. The zero-order chi connectivity index (χ0) is 12.8. The first-order valence-electron chi connectivity index (χ1n) is 6.19. The lowest BCUT2D eigenvalue weighted by molar-refractivity contribution is 0.293. The summed E-state index contributed by atoms with van der Waals surface area (Å²) in [5.74, 6) is 1.26. The quantitative estimate of drug-likeness (QED) is 0.494. The molecule has 0 spiro atoms. The molecule has 0 amide bonds. The van der Waals surface area contributed by atoms with Gasteiger partial charge in [-0.3, -0.25) is 4.98 Å². The fourth-order valence-corrected chi connectivity index (χ4v) is 4.18. The van der Waals surface area contributed by atoms with E-state index in [-0.39, 0.29) is 5.41 Å². The number of nitrogens with two attached hydrogens (primary N) is 1. The van der Waals surface area contributed by atoms with E-state index >= 15 is 0 Å². The van der Waals surface area contributed by atoms with E-state index in [0.717, 1.165) is 16.4 Å². The molecule has 2 bridgehead atoms. The molecule has 94 valence electrons. The second kappa shape index (κ2) is 4.56. The lowest BCUT2D eigenvalue weighted by Crippen LogP contribution is -2.44. The summed E-state index contributed by atoms with van der Waals surface area (Å²) in [5, 5.41) is 0. The van der Waals surface area contributed by atoms with Crippen LogP contribution in [0.5, 0.6) is 0 Å². The van der Waals surface area contributed by atoms with Crippen molar-refractivity contribution in [1.82, 2.24) is 4.98 Å². The highest BCUT2D eigenvalue weighted by Gasteiger charge is 2.45. The van der Waals surface area contributed by atoms with Crippen LogP contribution < -0.4 is 5.73 Å². The van der Waals surface area contributed by atoms with Gasteiger partial charge in [0, 0.05) is 21.4 Å². The number of halogens is 1. The van der Waals surface area contributed by atoms with Crippen LogP contribution in [0.3, 0.4) is 0 Å². The van der Waals surface area contributed by atoms with Gasteiger partial charge in [-0.25, -0.2) is 0 Å². The van der Waals surface area contributed by atoms with E-state index in [9.17, 15) is 0 Å². The van der Waals surface area contributed by atoms with E-state index in [0.29, 0.717) is 16.8 Å². The van der Waals surface area contributed by atoms with Crippen molar-refractivity contribution in [3.05, 3.63) is 39.7 Å². The topological polar surface area (TPSA) is 38.9 Å². The molecule has 0 saturated heterocycles. The van der Waals surface area contributed by atoms with Crippen molar-refractivity contribution in [3.8, 4) is 0 Å². The number of nitrogens with zero attached hydrogens (tertiary/aromatic N) is 1. The number of hydrogen-bond donors (Lipinski definition) is 1. The molecule has 2 aliphatic carbocycles. The van der Waals surface area contributed by atoms with Crippen LogP contribution >= 0.6 is 34.8 Å². The van der Waals surface area contributed by atoms with E-state index < -0.39 is 0 Å². The molecule has 0 aliphatic heterocycles. The highest BCUT2D eigenvalue weighted by molar-refractivity contribution is 14.1. The van der Waals surface area contributed by atoms with Crippen molar-refractivity contribution in [2.45, 2.75) is 24.7 Å². The molecule has 2 N–H and O–H groups in total. The van der Waals surface area contributed by atoms with Gasteiger partial charge < -0.3 is 5.73 Å². The van der Waals surface area contributed by atoms with Crippen LogP contribution in [0, 0.1) is 15.4 Å². The minimum absolute atomic E-state index is 0.152. The van der Waals surface area contributed by atoms with E-state index in [1.165, 1.54) is 12.0 Å². The maximum Gasteiger partial charge on any atom is 0.0835 e. The highest BCUT2D eigenvalue weighted by Crippen LogP contribution is 2.48. The Bertz CT molecular complexity index is 512. The number of rotatable bonds is 2. The Morgan fingerprint density at radius 2 is 2.00 bits per heavy atom. The van der Waals surface area contributed by atoms with Gasteiger partial charge in [0.25, 0.3) is 0 Å². The maximum atomic E-state index is 6.11. The normalized spacial score (nSPS) is 33.6. The maximum absolute atomic E-state index is 6.11. The first kappa shape index (κ1) is 12.5. The van der Waals surface area contributed by atoms with Crippen LogP contribution in [0.4, 0.5) is 0 Å². The van der Waals surface area contributed by atoms with Gasteiger partial charge in [0.1, 0.15) is 0 Å². The predicted octanol–water partition coefficient (Wildman–Crippen LogP) is 3.20. The van der Waals surface area contributed by atoms with Crippen LogP contribution in [0.1, 0.15) is 24.8 Å². The van der Waals surface area contributed by atoms with Crippen LogP contribution in [0.15, 0.2) is 30.6 Å². The van der Waals surface area contributed by atoms with Crippen molar-refractivity contribution in [2.75, 3.05) is 0 Å². The van der Waals surface area contributed by atoms with Crippen molar-refractivity contribution in [2.24, 2.45) is 17.6 Å². The Balaban J connectivity index is 2.05. The molecule has 3 rings (SSSR count). The van der Waals surface area contributed by atoms with Crippen LogP contribution in [0.25, 0.3) is 0 Å². The van der Waals surface area contributed by atoms with Gasteiger partial charge in [-0.2, -0.15) is 0 Å². The van der Waals surface area contributed by atoms with E-state index in [1.54, 1.807) is 0 Å². The Labute approximate surface area is 126 Å². The zero-order valence-corrected chi connectivity index (χ0v) is 12.9. The van der Waals surface area contributed by atoms with E-state index in [4.69, 9.17) is 18.0 Å². The summed E-state index contributed by atoms with van der Waals surface area (Å²) in [6.45, 7) is 0. The first-order valence-corrected chi connectivity index (χ1v) is 7.68. The van der Waals surface area contributed by atoms with Gasteiger partial charge in [-0.15, -0.1) is 0 Å². The monoisotopic (exact) mass is 370 g/mol. The molecule has 1 unspecified atom stereocenters. The smallest absolute Gasteiger partial charge is 0.0835 e. The van der Waals surface area contributed by atoms with Gasteiger partial charge in [0.05, 0.1) is 4.99 Å². The van der Waals surface area contributed by atoms with Crippen LogP contribution in [-0.2, 0) is 5.41 Å². The van der Waals surface area contributed by atoms with Gasteiger partial charge in [-0.05, 0) is 65.3 Å². The molecule has 1 saturated carbocycles. The second-order valence-corrected chi connectivity index (χ2v) is 7.07. The van der Waals surface area contributed by atoms with Crippen LogP contribution in [-0.4, -0.2) is 9.97 Å². The molecule has 3 atom stereocenters. The van der Waals surface area contributed by atoms with E-state index in [1.807, 2.05) is 12.4 Å². The fraction of sp³-hybridized carbons (Fsp3) is 0.429. The molecule has 1 aromatic heterocycles. The number of hydrogen-bond acceptors (Lipinski definition) is 2. The number of aromatic nitrogens is 1. The summed E-state index contributed by atoms with van der Waals surface area (Å²) < 4.78 is 1.15. The lowest BCUT2D eigenvalue weighted by Gasteiger charge is -2.40. The summed E-state index contributed by atoms with van der Waals surface area (Å²) in [6, 6.07) is 2.18. The van der Waals surface area contributed by atoms with Crippen molar-refractivity contribution in [1.29, 1.82) is 0 Å². The summed E-state index contributed by atoms with van der Waals surface area (Å²) in [7, 11) is 0.